The van der Waals surface area contributed by atoms with E-state index in [0.717, 1.165) is 11.8 Å². The SMILES string of the molecule is Cn1cnc([N+](=O)[O-])c1Sc1nnc2ccccn12. The molecule has 0 amide bonds. The van der Waals surface area contributed by atoms with Gasteiger partial charge in [-0.1, -0.05) is 6.07 Å². The molecule has 0 unspecified atom stereocenters. The maximum atomic E-state index is 10.9. The quantitative estimate of drug-likeness (QED) is 0.532. The Kier molecular flexibility index (Phi) is 2.67. The number of nitro groups is 1. The molecule has 0 atom stereocenters. The molecule has 0 spiro atoms. The lowest BCUT2D eigenvalue weighted by Gasteiger charge is -2.00. The van der Waals surface area contributed by atoms with Crippen LogP contribution in [0.3, 0.4) is 0 Å². The monoisotopic (exact) mass is 276 g/mol. The molecule has 0 aromatic carbocycles. The van der Waals surface area contributed by atoms with E-state index in [-0.39, 0.29) is 5.82 Å². The first-order valence-electron chi connectivity index (χ1n) is 5.30. The average Bonchev–Trinajstić information content (AvgIpc) is 2.96. The molecule has 0 radical (unpaired) electrons. The van der Waals surface area contributed by atoms with Gasteiger partial charge in [-0.15, -0.1) is 10.2 Å². The molecule has 3 rings (SSSR count). The highest BCUT2D eigenvalue weighted by Crippen LogP contribution is 2.32. The Bertz CT molecular complexity index is 764. The zero-order valence-electron chi connectivity index (χ0n) is 9.79. The van der Waals surface area contributed by atoms with Gasteiger partial charge in [-0.2, -0.15) is 0 Å². The molecule has 0 saturated heterocycles. The Morgan fingerprint density at radius 3 is 3.00 bits per heavy atom. The molecule has 3 aromatic heterocycles. The lowest BCUT2D eigenvalue weighted by molar-refractivity contribution is -0.392. The van der Waals surface area contributed by atoms with Gasteiger partial charge in [0.1, 0.15) is 0 Å². The number of rotatable bonds is 3. The first-order valence-corrected chi connectivity index (χ1v) is 6.12. The number of hydrogen-bond acceptors (Lipinski definition) is 6. The third-order valence-corrected chi connectivity index (χ3v) is 3.63. The van der Waals surface area contributed by atoms with Gasteiger partial charge < -0.3 is 14.7 Å². The zero-order chi connectivity index (χ0) is 13.4. The molecule has 0 bridgehead atoms. The van der Waals surface area contributed by atoms with E-state index in [4.69, 9.17) is 0 Å². The van der Waals surface area contributed by atoms with Crippen LogP contribution in [0.2, 0.25) is 0 Å². The van der Waals surface area contributed by atoms with Gasteiger partial charge in [0.15, 0.2) is 10.7 Å². The van der Waals surface area contributed by atoms with E-state index in [2.05, 4.69) is 15.2 Å². The van der Waals surface area contributed by atoms with E-state index in [9.17, 15) is 10.1 Å². The second kappa shape index (κ2) is 4.35. The van der Waals surface area contributed by atoms with Crippen molar-refractivity contribution in [1.29, 1.82) is 0 Å². The van der Waals surface area contributed by atoms with Crippen molar-refractivity contribution in [2.24, 2.45) is 7.05 Å². The topological polar surface area (TPSA) is 91.1 Å². The molecule has 0 saturated carbocycles. The summed E-state index contributed by atoms with van der Waals surface area (Å²) in [5.41, 5.74) is 0.690. The smallest absolute Gasteiger partial charge is 0.358 e. The summed E-state index contributed by atoms with van der Waals surface area (Å²) in [6.07, 6.45) is 3.21. The van der Waals surface area contributed by atoms with Crippen molar-refractivity contribution in [2.45, 2.75) is 10.2 Å². The molecule has 3 aromatic rings. The lowest BCUT2D eigenvalue weighted by atomic mass is 10.5. The second-order valence-electron chi connectivity index (χ2n) is 3.75. The van der Waals surface area contributed by atoms with Gasteiger partial charge >= 0.3 is 5.82 Å². The Balaban J connectivity index is 2.06. The van der Waals surface area contributed by atoms with Crippen molar-refractivity contribution in [2.75, 3.05) is 0 Å². The number of pyridine rings is 1. The van der Waals surface area contributed by atoms with Gasteiger partial charge in [-0.05, 0) is 33.8 Å². The number of imidazole rings is 1. The normalized spacial score (nSPS) is 11.0. The fourth-order valence-electron chi connectivity index (χ4n) is 1.63. The zero-order valence-corrected chi connectivity index (χ0v) is 10.6. The fraction of sp³-hybridized carbons (Fsp3) is 0.100. The van der Waals surface area contributed by atoms with Gasteiger partial charge in [0.2, 0.25) is 11.5 Å². The van der Waals surface area contributed by atoms with Crippen LogP contribution >= 0.6 is 11.8 Å². The predicted octanol–water partition coefficient (Wildman–Crippen LogP) is 1.52. The molecule has 9 heteroatoms. The number of nitrogens with zero attached hydrogens (tertiary/aromatic N) is 6. The van der Waals surface area contributed by atoms with Gasteiger partial charge in [0, 0.05) is 13.2 Å². The highest BCUT2D eigenvalue weighted by atomic mass is 32.2. The van der Waals surface area contributed by atoms with Gasteiger partial charge in [0.25, 0.3) is 0 Å². The van der Waals surface area contributed by atoms with Gasteiger partial charge in [-0.3, -0.25) is 4.40 Å². The van der Waals surface area contributed by atoms with Crippen LogP contribution in [-0.2, 0) is 7.05 Å². The maximum Gasteiger partial charge on any atom is 0.396 e. The summed E-state index contributed by atoms with van der Waals surface area (Å²) in [5.74, 6) is -0.180. The van der Waals surface area contributed by atoms with Gasteiger partial charge in [0.05, 0.1) is 0 Å². The number of aromatic nitrogens is 5. The molecule has 0 aliphatic rings. The van der Waals surface area contributed by atoms with Crippen LogP contribution in [0.1, 0.15) is 0 Å². The van der Waals surface area contributed by atoms with Crippen molar-refractivity contribution in [3.63, 3.8) is 0 Å². The van der Waals surface area contributed by atoms with E-state index in [1.165, 1.54) is 6.33 Å². The number of aryl methyl sites for hydroxylation is 1. The summed E-state index contributed by atoms with van der Waals surface area (Å²) in [4.78, 5) is 14.2. The molecule has 0 aliphatic carbocycles. The third-order valence-electron chi connectivity index (χ3n) is 2.51. The van der Waals surface area contributed by atoms with E-state index >= 15 is 0 Å². The lowest BCUT2D eigenvalue weighted by Crippen LogP contribution is -1.95. The van der Waals surface area contributed by atoms with Crippen LogP contribution in [-0.4, -0.2) is 29.1 Å². The first kappa shape index (κ1) is 11.7. The van der Waals surface area contributed by atoms with Crippen molar-refractivity contribution >= 4 is 23.2 Å². The van der Waals surface area contributed by atoms with Crippen LogP contribution in [0.5, 0.6) is 0 Å². The van der Waals surface area contributed by atoms with Crippen molar-refractivity contribution in [3.05, 3.63) is 40.8 Å². The Morgan fingerprint density at radius 1 is 1.37 bits per heavy atom. The highest BCUT2D eigenvalue weighted by Gasteiger charge is 2.23. The molecule has 0 N–H and O–H groups in total. The maximum absolute atomic E-state index is 10.9. The van der Waals surface area contributed by atoms with Crippen molar-refractivity contribution < 1.29 is 4.92 Å². The molecule has 3 heterocycles. The van der Waals surface area contributed by atoms with Crippen LogP contribution < -0.4 is 0 Å². The molecular formula is C10H8N6O2S. The summed E-state index contributed by atoms with van der Waals surface area (Å²) in [5, 5.41) is 19.9. The number of fused-ring (bicyclic) bond motifs is 1. The molecule has 0 aliphatic heterocycles. The Morgan fingerprint density at radius 2 is 2.21 bits per heavy atom. The highest BCUT2D eigenvalue weighted by molar-refractivity contribution is 7.99. The summed E-state index contributed by atoms with van der Waals surface area (Å²) in [7, 11) is 1.70. The predicted molar refractivity (Wildman–Crippen MR) is 67.0 cm³/mol. The van der Waals surface area contributed by atoms with E-state index in [1.807, 2.05) is 18.2 Å². The minimum atomic E-state index is -0.508. The van der Waals surface area contributed by atoms with Crippen molar-refractivity contribution in [3.8, 4) is 0 Å². The summed E-state index contributed by atoms with van der Waals surface area (Å²) in [6.45, 7) is 0. The first-order chi connectivity index (χ1) is 9.16. The summed E-state index contributed by atoms with van der Waals surface area (Å²) < 4.78 is 3.36. The van der Waals surface area contributed by atoms with Crippen LogP contribution in [0, 0.1) is 10.1 Å². The van der Waals surface area contributed by atoms with E-state index in [0.29, 0.717) is 15.8 Å². The standard InChI is InChI=1S/C10H8N6O2S/c1-14-6-11-8(16(17)18)9(14)19-10-13-12-7-4-2-3-5-15(7)10/h2-6H,1H3. The van der Waals surface area contributed by atoms with E-state index in [1.54, 1.807) is 22.2 Å². The summed E-state index contributed by atoms with van der Waals surface area (Å²) in [6, 6.07) is 5.51. The summed E-state index contributed by atoms with van der Waals surface area (Å²) >= 11 is 1.16. The van der Waals surface area contributed by atoms with E-state index < -0.39 is 4.92 Å². The van der Waals surface area contributed by atoms with Crippen LogP contribution in [0.25, 0.3) is 5.65 Å². The molecule has 96 valence electrons. The number of hydrogen-bond donors (Lipinski definition) is 0. The minimum Gasteiger partial charge on any atom is -0.358 e. The van der Waals surface area contributed by atoms with Crippen LogP contribution in [0.4, 0.5) is 5.82 Å². The average molecular weight is 276 g/mol. The third kappa shape index (κ3) is 1.93. The van der Waals surface area contributed by atoms with Crippen molar-refractivity contribution in [1.82, 2.24) is 24.1 Å². The molecule has 8 nitrogen and oxygen atoms in total. The Hall–Kier alpha value is -2.42. The second-order valence-corrected chi connectivity index (χ2v) is 4.71. The Labute approximate surface area is 111 Å². The molecular weight excluding hydrogens is 268 g/mol. The van der Waals surface area contributed by atoms with Gasteiger partial charge in [-0.25, -0.2) is 0 Å². The van der Waals surface area contributed by atoms with Crippen LogP contribution in [0.15, 0.2) is 40.9 Å². The molecule has 19 heavy (non-hydrogen) atoms. The largest absolute Gasteiger partial charge is 0.396 e. The molecule has 0 fully saturated rings. The minimum absolute atomic E-state index is 0.180. The fourth-order valence-corrected chi connectivity index (χ4v) is 2.54.